The SMILES string of the molecule is CC1CCCC1C(=O)Nc1cccc(CCCBr)c1. The maximum Gasteiger partial charge on any atom is 0.227 e. The maximum absolute atomic E-state index is 12.2. The average molecular weight is 324 g/mol. The number of hydrogen-bond acceptors (Lipinski definition) is 1. The van der Waals surface area contributed by atoms with E-state index in [0.29, 0.717) is 5.92 Å². The molecule has 1 N–H and O–H groups in total. The predicted molar refractivity (Wildman–Crippen MR) is 83.7 cm³/mol. The van der Waals surface area contributed by atoms with Gasteiger partial charge in [0, 0.05) is 16.9 Å². The Hall–Kier alpha value is -0.830. The van der Waals surface area contributed by atoms with Crippen molar-refractivity contribution in [1.29, 1.82) is 0 Å². The first kappa shape index (κ1) is 14.6. The number of amides is 1. The summed E-state index contributed by atoms with van der Waals surface area (Å²) < 4.78 is 0. The molecule has 0 heterocycles. The number of carbonyl (C=O) groups is 1. The summed E-state index contributed by atoms with van der Waals surface area (Å²) in [5.41, 5.74) is 2.23. The van der Waals surface area contributed by atoms with Crippen LogP contribution in [0.5, 0.6) is 0 Å². The van der Waals surface area contributed by atoms with Crippen molar-refractivity contribution in [1.82, 2.24) is 0 Å². The summed E-state index contributed by atoms with van der Waals surface area (Å²) in [6.45, 7) is 2.18. The Labute approximate surface area is 124 Å². The Morgan fingerprint density at radius 2 is 2.26 bits per heavy atom. The van der Waals surface area contributed by atoms with Gasteiger partial charge in [0.15, 0.2) is 0 Å². The molecule has 0 bridgehead atoms. The van der Waals surface area contributed by atoms with Gasteiger partial charge < -0.3 is 5.32 Å². The second kappa shape index (κ2) is 7.09. The minimum atomic E-state index is 0.197. The fourth-order valence-corrected chi connectivity index (χ4v) is 3.13. The van der Waals surface area contributed by atoms with E-state index in [4.69, 9.17) is 0 Å². The van der Waals surface area contributed by atoms with Crippen LogP contribution in [0.15, 0.2) is 24.3 Å². The van der Waals surface area contributed by atoms with Crippen LogP contribution < -0.4 is 5.32 Å². The summed E-state index contributed by atoms with van der Waals surface area (Å²) >= 11 is 3.45. The summed E-state index contributed by atoms with van der Waals surface area (Å²) in [5.74, 6) is 0.922. The third kappa shape index (κ3) is 4.07. The summed E-state index contributed by atoms with van der Waals surface area (Å²) in [4.78, 5) is 12.2. The number of aryl methyl sites for hydroxylation is 1. The van der Waals surface area contributed by atoms with Gasteiger partial charge in [-0.25, -0.2) is 0 Å². The minimum absolute atomic E-state index is 0.197. The Morgan fingerprint density at radius 3 is 2.95 bits per heavy atom. The molecule has 0 aliphatic heterocycles. The number of anilines is 1. The minimum Gasteiger partial charge on any atom is -0.326 e. The normalized spacial score (nSPS) is 22.4. The average Bonchev–Trinajstić information content (AvgIpc) is 2.83. The highest BCUT2D eigenvalue weighted by Crippen LogP contribution is 2.32. The number of halogens is 1. The second-order valence-electron chi connectivity index (χ2n) is 5.50. The van der Waals surface area contributed by atoms with Crippen LogP contribution in [0, 0.1) is 11.8 Å². The van der Waals surface area contributed by atoms with Crippen molar-refractivity contribution < 1.29 is 4.79 Å². The number of alkyl halides is 1. The van der Waals surface area contributed by atoms with E-state index in [1.807, 2.05) is 12.1 Å². The molecule has 0 aromatic heterocycles. The third-order valence-electron chi connectivity index (χ3n) is 3.99. The standard InChI is InChI=1S/C16H22BrNO/c1-12-5-2-9-15(12)16(19)18-14-8-3-6-13(11-14)7-4-10-17/h3,6,8,11-12,15H,2,4-5,7,9-10H2,1H3,(H,18,19). The van der Waals surface area contributed by atoms with E-state index in [0.717, 1.165) is 30.3 Å². The van der Waals surface area contributed by atoms with Crippen LogP contribution in [0.2, 0.25) is 0 Å². The van der Waals surface area contributed by atoms with E-state index < -0.39 is 0 Å². The summed E-state index contributed by atoms with van der Waals surface area (Å²) in [6, 6.07) is 8.23. The fourth-order valence-electron chi connectivity index (χ4n) is 2.85. The molecular formula is C16H22BrNO. The smallest absolute Gasteiger partial charge is 0.227 e. The van der Waals surface area contributed by atoms with Crippen LogP contribution in [0.3, 0.4) is 0 Å². The van der Waals surface area contributed by atoms with Crippen LogP contribution in [0.1, 0.15) is 38.2 Å². The number of rotatable bonds is 5. The van der Waals surface area contributed by atoms with E-state index in [2.05, 4.69) is 40.3 Å². The zero-order chi connectivity index (χ0) is 13.7. The maximum atomic E-state index is 12.2. The first-order valence-electron chi connectivity index (χ1n) is 7.16. The lowest BCUT2D eigenvalue weighted by Gasteiger charge is -2.15. The summed E-state index contributed by atoms with van der Waals surface area (Å²) in [5, 5.41) is 4.10. The van der Waals surface area contributed by atoms with Gasteiger partial charge in [-0.2, -0.15) is 0 Å². The van der Waals surface area contributed by atoms with Crippen molar-refractivity contribution in [3.05, 3.63) is 29.8 Å². The lowest BCUT2D eigenvalue weighted by molar-refractivity contribution is -0.120. The monoisotopic (exact) mass is 323 g/mol. The van der Waals surface area contributed by atoms with Crippen molar-refractivity contribution >= 4 is 27.5 Å². The Bertz CT molecular complexity index is 433. The highest BCUT2D eigenvalue weighted by Gasteiger charge is 2.29. The molecule has 2 unspecified atom stereocenters. The number of hydrogen-bond donors (Lipinski definition) is 1. The van der Waals surface area contributed by atoms with Gasteiger partial charge in [0.25, 0.3) is 0 Å². The molecule has 3 heteroatoms. The predicted octanol–water partition coefficient (Wildman–Crippen LogP) is 4.39. The lowest BCUT2D eigenvalue weighted by atomic mass is 9.97. The lowest BCUT2D eigenvalue weighted by Crippen LogP contribution is -2.24. The van der Waals surface area contributed by atoms with Crippen LogP contribution in [-0.4, -0.2) is 11.2 Å². The highest BCUT2D eigenvalue weighted by molar-refractivity contribution is 9.09. The van der Waals surface area contributed by atoms with Gasteiger partial charge in [-0.15, -0.1) is 0 Å². The zero-order valence-electron chi connectivity index (χ0n) is 11.5. The molecule has 1 amide bonds. The van der Waals surface area contributed by atoms with Gasteiger partial charge in [-0.1, -0.05) is 41.4 Å². The van der Waals surface area contributed by atoms with Gasteiger partial charge in [0.05, 0.1) is 0 Å². The van der Waals surface area contributed by atoms with E-state index in [9.17, 15) is 4.79 Å². The van der Waals surface area contributed by atoms with Gasteiger partial charge in [-0.3, -0.25) is 4.79 Å². The molecule has 104 valence electrons. The molecule has 1 aliphatic carbocycles. The van der Waals surface area contributed by atoms with Gasteiger partial charge in [0.2, 0.25) is 5.91 Å². The number of carbonyl (C=O) groups excluding carboxylic acids is 1. The van der Waals surface area contributed by atoms with E-state index in [-0.39, 0.29) is 11.8 Å². The van der Waals surface area contributed by atoms with Crippen LogP contribution >= 0.6 is 15.9 Å². The first-order valence-corrected chi connectivity index (χ1v) is 8.28. The molecule has 0 spiro atoms. The quantitative estimate of drug-likeness (QED) is 0.800. The Morgan fingerprint density at radius 1 is 1.42 bits per heavy atom. The molecule has 19 heavy (non-hydrogen) atoms. The van der Waals surface area contributed by atoms with E-state index in [1.54, 1.807) is 0 Å². The van der Waals surface area contributed by atoms with Gasteiger partial charge >= 0.3 is 0 Å². The molecule has 2 nitrogen and oxygen atoms in total. The molecule has 1 fully saturated rings. The molecule has 0 saturated heterocycles. The van der Waals surface area contributed by atoms with Crippen molar-refractivity contribution in [2.75, 3.05) is 10.6 Å². The molecule has 2 atom stereocenters. The number of nitrogens with one attached hydrogen (secondary N) is 1. The van der Waals surface area contributed by atoms with Crippen molar-refractivity contribution in [2.45, 2.75) is 39.0 Å². The molecule has 1 aromatic carbocycles. The van der Waals surface area contributed by atoms with E-state index in [1.165, 1.54) is 18.4 Å². The topological polar surface area (TPSA) is 29.1 Å². The van der Waals surface area contributed by atoms with Crippen LogP contribution in [-0.2, 0) is 11.2 Å². The van der Waals surface area contributed by atoms with Gasteiger partial charge in [0.1, 0.15) is 0 Å². The van der Waals surface area contributed by atoms with Crippen molar-refractivity contribution in [3.8, 4) is 0 Å². The van der Waals surface area contributed by atoms with Crippen molar-refractivity contribution in [3.63, 3.8) is 0 Å². The third-order valence-corrected chi connectivity index (χ3v) is 4.55. The highest BCUT2D eigenvalue weighted by atomic mass is 79.9. The Kier molecular flexibility index (Phi) is 5.44. The molecule has 2 rings (SSSR count). The molecule has 1 aromatic rings. The summed E-state index contributed by atoms with van der Waals surface area (Å²) in [6.07, 6.45) is 5.58. The van der Waals surface area contributed by atoms with Crippen LogP contribution in [0.4, 0.5) is 5.69 Å². The largest absolute Gasteiger partial charge is 0.326 e. The zero-order valence-corrected chi connectivity index (χ0v) is 13.1. The summed E-state index contributed by atoms with van der Waals surface area (Å²) in [7, 11) is 0. The fraction of sp³-hybridized carbons (Fsp3) is 0.562. The first-order chi connectivity index (χ1) is 9.20. The number of benzene rings is 1. The molecule has 1 aliphatic rings. The molecule has 1 saturated carbocycles. The molecular weight excluding hydrogens is 302 g/mol. The van der Waals surface area contributed by atoms with Gasteiger partial charge in [-0.05, 0) is 49.3 Å². The van der Waals surface area contributed by atoms with E-state index >= 15 is 0 Å². The van der Waals surface area contributed by atoms with Crippen molar-refractivity contribution in [2.24, 2.45) is 11.8 Å². The second-order valence-corrected chi connectivity index (χ2v) is 6.29. The Balaban J connectivity index is 1.96. The molecule has 0 radical (unpaired) electrons. The van der Waals surface area contributed by atoms with Crippen LogP contribution in [0.25, 0.3) is 0 Å².